The first kappa shape index (κ1) is 12.1. The third kappa shape index (κ3) is 3.08. The van der Waals surface area contributed by atoms with E-state index in [1.807, 2.05) is 0 Å². The van der Waals surface area contributed by atoms with E-state index in [0.717, 1.165) is 19.7 Å². The zero-order chi connectivity index (χ0) is 12.3. The van der Waals surface area contributed by atoms with Gasteiger partial charge in [0.1, 0.15) is 5.82 Å². The third-order valence-electron chi connectivity index (χ3n) is 2.91. The topological polar surface area (TPSA) is 50.5 Å². The third-order valence-corrected chi connectivity index (χ3v) is 2.91. The van der Waals surface area contributed by atoms with Crippen LogP contribution in [0.1, 0.15) is 0 Å². The van der Waals surface area contributed by atoms with Gasteiger partial charge in [-0.3, -0.25) is 0 Å². The van der Waals surface area contributed by atoms with Gasteiger partial charge >= 0.3 is 0 Å². The summed E-state index contributed by atoms with van der Waals surface area (Å²) in [4.78, 5) is 2.21. The molecule has 17 heavy (non-hydrogen) atoms. The summed E-state index contributed by atoms with van der Waals surface area (Å²) in [5, 5.41) is 3.13. The van der Waals surface area contributed by atoms with Gasteiger partial charge in [0.2, 0.25) is 0 Å². The molecule has 1 aliphatic rings. The Balaban J connectivity index is 1.91. The van der Waals surface area contributed by atoms with Crippen LogP contribution in [0.15, 0.2) is 18.2 Å². The highest BCUT2D eigenvalue weighted by Crippen LogP contribution is 2.21. The molecule has 3 N–H and O–H groups in total. The van der Waals surface area contributed by atoms with Crippen LogP contribution in [0.4, 0.5) is 15.8 Å². The van der Waals surface area contributed by atoms with Gasteiger partial charge in [0.05, 0.1) is 24.1 Å². The standard InChI is InChI=1S/C12H18FN3O/c1-16-5-6-17-9(8-16)7-15-11-4-2-3-10(13)12(11)14/h2-4,9,15H,5-8,14H2,1H3. The maximum atomic E-state index is 13.2. The van der Waals surface area contributed by atoms with Crippen molar-refractivity contribution in [3.63, 3.8) is 0 Å². The number of likely N-dealkylation sites (N-methyl/N-ethyl adjacent to an activating group) is 1. The Labute approximate surface area is 101 Å². The van der Waals surface area contributed by atoms with Gasteiger partial charge < -0.3 is 20.7 Å². The number of halogens is 1. The smallest absolute Gasteiger partial charge is 0.148 e. The molecule has 0 radical (unpaired) electrons. The summed E-state index contributed by atoms with van der Waals surface area (Å²) in [6.07, 6.45) is 0.122. The molecule has 0 aliphatic carbocycles. The van der Waals surface area contributed by atoms with Gasteiger partial charge in [-0.05, 0) is 19.2 Å². The number of benzene rings is 1. The molecule has 1 saturated heterocycles. The maximum Gasteiger partial charge on any atom is 0.148 e. The zero-order valence-electron chi connectivity index (χ0n) is 9.95. The number of ether oxygens (including phenoxy) is 1. The lowest BCUT2D eigenvalue weighted by Gasteiger charge is -2.30. The molecular formula is C12H18FN3O. The Kier molecular flexibility index (Phi) is 3.81. The number of anilines is 2. The molecule has 0 amide bonds. The molecule has 5 heteroatoms. The monoisotopic (exact) mass is 239 g/mol. The van der Waals surface area contributed by atoms with Crippen LogP contribution in [-0.4, -0.2) is 44.3 Å². The minimum Gasteiger partial charge on any atom is -0.395 e. The summed E-state index contributed by atoms with van der Waals surface area (Å²) in [7, 11) is 2.06. The summed E-state index contributed by atoms with van der Waals surface area (Å²) in [6.45, 7) is 3.21. The first-order chi connectivity index (χ1) is 8.16. The van der Waals surface area contributed by atoms with Crippen LogP contribution in [0.5, 0.6) is 0 Å². The summed E-state index contributed by atoms with van der Waals surface area (Å²) in [5.41, 5.74) is 6.43. The lowest BCUT2D eigenvalue weighted by Crippen LogP contribution is -2.43. The molecule has 1 atom stereocenters. The molecular weight excluding hydrogens is 221 g/mol. The molecule has 1 fully saturated rings. The van der Waals surface area contributed by atoms with E-state index in [0.29, 0.717) is 12.2 Å². The normalized spacial score (nSPS) is 21.4. The summed E-state index contributed by atoms with van der Waals surface area (Å²) < 4.78 is 18.8. The Morgan fingerprint density at radius 2 is 2.41 bits per heavy atom. The Hall–Kier alpha value is -1.33. The molecule has 0 spiro atoms. The van der Waals surface area contributed by atoms with E-state index in [9.17, 15) is 4.39 Å². The fraction of sp³-hybridized carbons (Fsp3) is 0.500. The van der Waals surface area contributed by atoms with Gasteiger partial charge in [-0.1, -0.05) is 6.07 Å². The number of nitrogens with zero attached hydrogens (tertiary/aromatic N) is 1. The molecule has 0 aromatic heterocycles. The van der Waals surface area contributed by atoms with E-state index >= 15 is 0 Å². The predicted octanol–water partition coefficient (Wildman–Crippen LogP) is 1.15. The summed E-state index contributed by atoms with van der Waals surface area (Å²) in [5.74, 6) is -0.392. The first-order valence-electron chi connectivity index (χ1n) is 5.75. The molecule has 2 rings (SSSR count). The average Bonchev–Trinajstić information content (AvgIpc) is 2.31. The highest BCUT2D eigenvalue weighted by Gasteiger charge is 2.17. The van der Waals surface area contributed by atoms with Crippen molar-refractivity contribution in [3.8, 4) is 0 Å². The van der Waals surface area contributed by atoms with Crippen molar-refractivity contribution in [2.45, 2.75) is 6.10 Å². The molecule has 1 aromatic rings. The van der Waals surface area contributed by atoms with Gasteiger partial charge in [0, 0.05) is 19.6 Å². The number of nitrogens with two attached hydrogens (primary N) is 1. The molecule has 1 aromatic carbocycles. The zero-order valence-corrected chi connectivity index (χ0v) is 9.95. The SMILES string of the molecule is CN1CCOC(CNc2cccc(F)c2N)C1. The van der Waals surface area contributed by atoms with Crippen LogP contribution < -0.4 is 11.1 Å². The molecule has 4 nitrogen and oxygen atoms in total. The minimum atomic E-state index is -0.392. The molecule has 1 unspecified atom stereocenters. The van der Waals surface area contributed by atoms with E-state index in [2.05, 4.69) is 17.3 Å². The number of nitrogens with one attached hydrogen (secondary N) is 1. The van der Waals surface area contributed by atoms with Gasteiger partial charge in [-0.25, -0.2) is 4.39 Å². The van der Waals surface area contributed by atoms with Crippen molar-refractivity contribution in [2.75, 3.05) is 44.3 Å². The maximum absolute atomic E-state index is 13.2. The molecule has 94 valence electrons. The number of rotatable bonds is 3. The predicted molar refractivity (Wildman–Crippen MR) is 66.5 cm³/mol. The number of para-hydroxylation sites is 1. The fourth-order valence-electron chi connectivity index (χ4n) is 1.91. The van der Waals surface area contributed by atoms with Crippen molar-refractivity contribution in [2.24, 2.45) is 0 Å². The van der Waals surface area contributed by atoms with E-state index in [4.69, 9.17) is 10.5 Å². The summed E-state index contributed by atoms with van der Waals surface area (Å²) >= 11 is 0. The molecule has 0 saturated carbocycles. The molecule has 1 aliphatic heterocycles. The van der Waals surface area contributed by atoms with Gasteiger partial charge in [-0.15, -0.1) is 0 Å². The van der Waals surface area contributed by atoms with E-state index in [1.54, 1.807) is 12.1 Å². The number of nitrogen functional groups attached to an aromatic ring is 1. The average molecular weight is 239 g/mol. The van der Waals surface area contributed by atoms with E-state index in [1.165, 1.54) is 6.07 Å². The Morgan fingerprint density at radius 1 is 1.59 bits per heavy atom. The van der Waals surface area contributed by atoms with Gasteiger partial charge in [0.15, 0.2) is 0 Å². The fourth-order valence-corrected chi connectivity index (χ4v) is 1.91. The van der Waals surface area contributed by atoms with Gasteiger partial charge in [-0.2, -0.15) is 0 Å². The van der Waals surface area contributed by atoms with Crippen molar-refractivity contribution < 1.29 is 9.13 Å². The van der Waals surface area contributed by atoms with Crippen molar-refractivity contribution in [1.82, 2.24) is 4.90 Å². The molecule has 0 bridgehead atoms. The van der Waals surface area contributed by atoms with Crippen LogP contribution >= 0.6 is 0 Å². The van der Waals surface area contributed by atoms with Crippen LogP contribution in [0.3, 0.4) is 0 Å². The lowest BCUT2D eigenvalue weighted by atomic mass is 10.2. The van der Waals surface area contributed by atoms with Crippen LogP contribution in [-0.2, 0) is 4.74 Å². The van der Waals surface area contributed by atoms with E-state index < -0.39 is 5.82 Å². The van der Waals surface area contributed by atoms with Crippen molar-refractivity contribution in [1.29, 1.82) is 0 Å². The highest BCUT2D eigenvalue weighted by atomic mass is 19.1. The van der Waals surface area contributed by atoms with Crippen molar-refractivity contribution >= 4 is 11.4 Å². The van der Waals surface area contributed by atoms with Crippen LogP contribution in [0, 0.1) is 5.82 Å². The first-order valence-corrected chi connectivity index (χ1v) is 5.75. The summed E-state index contributed by atoms with van der Waals surface area (Å²) in [6, 6.07) is 4.76. The van der Waals surface area contributed by atoms with Crippen LogP contribution in [0.2, 0.25) is 0 Å². The largest absolute Gasteiger partial charge is 0.395 e. The number of hydrogen-bond acceptors (Lipinski definition) is 4. The van der Waals surface area contributed by atoms with Crippen LogP contribution in [0.25, 0.3) is 0 Å². The van der Waals surface area contributed by atoms with E-state index in [-0.39, 0.29) is 11.8 Å². The quantitative estimate of drug-likeness (QED) is 0.777. The Bertz CT molecular complexity index is 386. The molecule has 1 heterocycles. The van der Waals surface area contributed by atoms with Crippen molar-refractivity contribution in [3.05, 3.63) is 24.0 Å². The second-order valence-electron chi connectivity index (χ2n) is 4.34. The lowest BCUT2D eigenvalue weighted by molar-refractivity contribution is -0.0117. The second-order valence-corrected chi connectivity index (χ2v) is 4.34. The Morgan fingerprint density at radius 3 is 3.18 bits per heavy atom. The second kappa shape index (κ2) is 5.33. The minimum absolute atomic E-state index is 0.122. The number of morpholine rings is 1. The number of hydrogen-bond donors (Lipinski definition) is 2. The highest BCUT2D eigenvalue weighted by molar-refractivity contribution is 5.66. The van der Waals surface area contributed by atoms with Gasteiger partial charge in [0.25, 0.3) is 0 Å².